The van der Waals surface area contributed by atoms with Crippen LogP contribution in [0.15, 0.2) is 41.2 Å². The fourth-order valence-electron chi connectivity index (χ4n) is 2.43. The predicted octanol–water partition coefficient (Wildman–Crippen LogP) is 2.28. The summed E-state index contributed by atoms with van der Waals surface area (Å²) in [5.41, 5.74) is -1.26. The molecule has 0 unspecified atom stereocenters. The van der Waals surface area contributed by atoms with Gasteiger partial charge in [-0.3, -0.25) is 25.2 Å². The molecule has 1 aromatic heterocycles. The number of fused-ring (bicyclic) bond motifs is 1. The third kappa shape index (κ3) is 2.67. The first-order chi connectivity index (χ1) is 11.5. The van der Waals surface area contributed by atoms with Crippen molar-refractivity contribution in [1.82, 2.24) is 9.97 Å². The maximum absolute atomic E-state index is 11.4. The van der Waals surface area contributed by atoms with Crippen LogP contribution < -0.4 is 11.0 Å². The molecule has 10 nitrogen and oxygen atoms in total. The number of imidazole rings is 1. The van der Waals surface area contributed by atoms with Crippen LogP contribution in [0.25, 0.3) is 11.0 Å². The summed E-state index contributed by atoms with van der Waals surface area (Å²) in [6.45, 7) is 0.155. The Labute approximate surface area is 133 Å². The van der Waals surface area contributed by atoms with E-state index in [2.05, 4.69) is 15.3 Å². The van der Waals surface area contributed by atoms with Gasteiger partial charge in [-0.25, -0.2) is 4.79 Å². The highest BCUT2D eigenvalue weighted by atomic mass is 16.6. The molecule has 0 bridgehead atoms. The van der Waals surface area contributed by atoms with Gasteiger partial charge >= 0.3 is 17.1 Å². The normalized spacial score (nSPS) is 10.7. The molecule has 0 saturated heterocycles. The third-order valence-corrected chi connectivity index (χ3v) is 3.46. The molecular formula is C14H11N5O5. The third-order valence-electron chi connectivity index (χ3n) is 3.46. The lowest BCUT2D eigenvalue weighted by atomic mass is 10.1. The number of benzene rings is 2. The first kappa shape index (κ1) is 15.2. The van der Waals surface area contributed by atoms with Crippen LogP contribution in [0.4, 0.5) is 17.1 Å². The highest BCUT2D eigenvalue weighted by Gasteiger charge is 2.30. The van der Waals surface area contributed by atoms with E-state index in [0.717, 1.165) is 11.6 Å². The van der Waals surface area contributed by atoms with Crippen molar-refractivity contribution in [2.45, 2.75) is 6.54 Å². The zero-order valence-electron chi connectivity index (χ0n) is 12.1. The highest BCUT2D eigenvalue weighted by Crippen LogP contribution is 2.39. The zero-order chi connectivity index (χ0) is 17.3. The van der Waals surface area contributed by atoms with E-state index in [4.69, 9.17) is 0 Å². The van der Waals surface area contributed by atoms with Crippen LogP contribution in [-0.4, -0.2) is 19.8 Å². The Morgan fingerprint density at radius 3 is 2.38 bits per heavy atom. The van der Waals surface area contributed by atoms with Crippen LogP contribution in [0.3, 0.4) is 0 Å². The molecule has 0 aliphatic heterocycles. The van der Waals surface area contributed by atoms with Crippen LogP contribution in [0.5, 0.6) is 0 Å². The Morgan fingerprint density at radius 1 is 1.04 bits per heavy atom. The molecule has 1 heterocycles. The molecule has 0 aliphatic rings. The molecule has 24 heavy (non-hydrogen) atoms. The van der Waals surface area contributed by atoms with E-state index in [1.54, 1.807) is 24.3 Å². The van der Waals surface area contributed by atoms with Crippen molar-refractivity contribution in [2.75, 3.05) is 5.32 Å². The van der Waals surface area contributed by atoms with E-state index in [-0.39, 0.29) is 23.3 Å². The smallest absolute Gasteiger partial charge is 0.324 e. The average molecular weight is 329 g/mol. The molecule has 0 fully saturated rings. The van der Waals surface area contributed by atoms with Gasteiger partial charge in [0.1, 0.15) is 5.52 Å². The van der Waals surface area contributed by atoms with Crippen molar-refractivity contribution in [1.29, 1.82) is 0 Å². The van der Waals surface area contributed by atoms with Crippen LogP contribution in [0.2, 0.25) is 0 Å². The summed E-state index contributed by atoms with van der Waals surface area (Å²) in [6.07, 6.45) is 0. The van der Waals surface area contributed by atoms with E-state index < -0.39 is 26.9 Å². The lowest BCUT2D eigenvalue weighted by Crippen LogP contribution is -2.06. The van der Waals surface area contributed by atoms with Crippen molar-refractivity contribution >= 4 is 28.1 Å². The Bertz CT molecular complexity index is 992. The Balaban J connectivity index is 2.17. The summed E-state index contributed by atoms with van der Waals surface area (Å²) < 4.78 is 0. The molecular weight excluding hydrogens is 318 g/mol. The second-order valence-electron chi connectivity index (χ2n) is 4.97. The van der Waals surface area contributed by atoms with Crippen LogP contribution >= 0.6 is 0 Å². The Morgan fingerprint density at radius 2 is 1.75 bits per heavy atom. The zero-order valence-corrected chi connectivity index (χ0v) is 12.1. The Kier molecular flexibility index (Phi) is 3.70. The van der Waals surface area contributed by atoms with Gasteiger partial charge in [-0.1, -0.05) is 30.3 Å². The summed E-state index contributed by atoms with van der Waals surface area (Å²) in [6, 6.07) is 10.0. The molecule has 2 aromatic carbocycles. The largest absolute Gasteiger partial charge is 0.370 e. The van der Waals surface area contributed by atoms with Gasteiger partial charge in [-0.05, 0) is 5.56 Å². The summed E-state index contributed by atoms with van der Waals surface area (Å²) in [4.78, 5) is 37.3. The van der Waals surface area contributed by atoms with Crippen molar-refractivity contribution in [3.05, 3.63) is 72.7 Å². The molecule has 0 aliphatic carbocycles. The number of anilines is 1. The number of nitrogens with one attached hydrogen (secondary N) is 3. The molecule has 10 heteroatoms. The van der Waals surface area contributed by atoms with Gasteiger partial charge in [0, 0.05) is 12.6 Å². The van der Waals surface area contributed by atoms with Crippen molar-refractivity contribution in [3.8, 4) is 0 Å². The van der Waals surface area contributed by atoms with E-state index in [9.17, 15) is 25.0 Å². The van der Waals surface area contributed by atoms with Gasteiger partial charge in [-0.15, -0.1) is 0 Å². The van der Waals surface area contributed by atoms with Gasteiger partial charge in [-0.2, -0.15) is 0 Å². The maximum Gasteiger partial charge on any atom is 0.324 e. The second-order valence-corrected chi connectivity index (χ2v) is 4.97. The van der Waals surface area contributed by atoms with E-state index >= 15 is 0 Å². The minimum atomic E-state index is -0.757. The van der Waals surface area contributed by atoms with Crippen LogP contribution in [-0.2, 0) is 6.54 Å². The van der Waals surface area contributed by atoms with Gasteiger partial charge < -0.3 is 10.3 Å². The SMILES string of the molecule is O=c1[nH]c2cc([N+](=O)[O-])c(NCc3ccccc3)c([N+](=O)[O-])c2[nH]1. The lowest BCUT2D eigenvalue weighted by Gasteiger charge is -2.08. The fourth-order valence-corrected chi connectivity index (χ4v) is 2.43. The number of aromatic amines is 2. The van der Waals surface area contributed by atoms with Gasteiger partial charge in [0.25, 0.3) is 0 Å². The van der Waals surface area contributed by atoms with Crippen LogP contribution in [0.1, 0.15) is 5.56 Å². The first-order valence-electron chi connectivity index (χ1n) is 6.83. The maximum atomic E-state index is 11.4. The number of nitro groups is 2. The van der Waals surface area contributed by atoms with Gasteiger partial charge in [0.05, 0.1) is 15.4 Å². The average Bonchev–Trinajstić information content (AvgIpc) is 2.91. The number of aromatic nitrogens is 2. The molecule has 3 N–H and O–H groups in total. The molecule has 3 rings (SSSR count). The van der Waals surface area contributed by atoms with Gasteiger partial charge in [0.15, 0.2) is 5.69 Å². The van der Waals surface area contributed by atoms with Crippen LogP contribution in [0, 0.1) is 20.2 Å². The van der Waals surface area contributed by atoms with E-state index in [0.29, 0.717) is 0 Å². The fraction of sp³-hybridized carbons (Fsp3) is 0.0714. The number of nitrogens with zero attached hydrogens (tertiary/aromatic N) is 2. The summed E-state index contributed by atoms with van der Waals surface area (Å²) in [5, 5.41) is 25.5. The minimum Gasteiger partial charge on any atom is -0.370 e. The summed E-state index contributed by atoms with van der Waals surface area (Å²) in [5.74, 6) is 0. The topological polar surface area (TPSA) is 147 Å². The van der Waals surface area contributed by atoms with E-state index in [1.807, 2.05) is 6.07 Å². The molecule has 0 spiro atoms. The standard InChI is InChI=1S/C14H11N5O5/c20-14-16-9-6-10(18(21)22)12(13(19(23)24)11(9)17-14)15-7-8-4-2-1-3-5-8/h1-6,15H,7H2,(H2,16,17,20). The molecule has 122 valence electrons. The number of hydrogen-bond acceptors (Lipinski definition) is 6. The molecule has 3 aromatic rings. The number of hydrogen-bond donors (Lipinski definition) is 3. The predicted molar refractivity (Wildman–Crippen MR) is 86.0 cm³/mol. The van der Waals surface area contributed by atoms with Gasteiger partial charge in [0.2, 0.25) is 0 Å². The number of H-pyrrole nitrogens is 2. The second kappa shape index (κ2) is 5.83. The Hall–Kier alpha value is -3.69. The molecule has 0 saturated carbocycles. The van der Waals surface area contributed by atoms with Crippen molar-refractivity contribution in [3.63, 3.8) is 0 Å². The first-order valence-corrected chi connectivity index (χ1v) is 6.83. The van der Waals surface area contributed by atoms with E-state index in [1.165, 1.54) is 0 Å². The number of nitro benzene ring substituents is 2. The monoisotopic (exact) mass is 329 g/mol. The minimum absolute atomic E-state index is 0.00339. The molecule has 0 radical (unpaired) electrons. The highest BCUT2D eigenvalue weighted by molar-refractivity contribution is 5.96. The number of rotatable bonds is 5. The van der Waals surface area contributed by atoms with Crippen molar-refractivity contribution in [2.24, 2.45) is 0 Å². The quantitative estimate of drug-likeness (QED) is 0.483. The van der Waals surface area contributed by atoms with Crippen molar-refractivity contribution < 1.29 is 9.85 Å². The molecule has 0 atom stereocenters. The lowest BCUT2D eigenvalue weighted by molar-refractivity contribution is -0.391. The summed E-state index contributed by atoms with van der Waals surface area (Å²) >= 11 is 0. The summed E-state index contributed by atoms with van der Waals surface area (Å²) in [7, 11) is 0. The molecule has 0 amide bonds.